The van der Waals surface area contributed by atoms with E-state index in [-0.39, 0.29) is 17.4 Å². The SMILES string of the molecule is Cn1c(C[C@H]2CCS(=O)(=O)C2)nnc1SCc1ccc(Cl)c(Cl)c1. The Morgan fingerprint density at radius 3 is 2.75 bits per heavy atom. The molecule has 0 aliphatic carbocycles. The maximum atomic E-state index is 11.6. The van der Waals surface area contributed by atoms with Crippen LogP contribution in [0, 0.1) is 5.92 Å². The highest BCUT2D eigenvalue weighted by atomic mass is 35.5. The number of rotatable bonds is 5. The van der Waals surface area contributed by atoms with Crippen molar-refractivity contribution in [2.75, 3.05) is 11.5 Å². The molecule has 0 N–H and O–H groups in total. The third kappa shape index (κ3) is 4.25. The van der Waals surface area contributed by atoms with E-state index in [1.54, 1.807) is 17.8 Å². The molecular formula is C15H17Cl2N3O2S2. The number of halogens is 2. The maximum Gasteiger partial charge on any atom is 0.191 e. The molecule has 0 unspecified atom stereocenters. The lowest BCUT2D eigenvalue weighted by atomic mass is 10.1. The van der Waals surface area contributed by atoms with Crippen LogP contribution in [0.3, 0.4) is 0 Å². The molecule has 1 atom stereocenters. The molecule has 130 valence electrons. The zero-order valence-electron chi connectivity index (χ0n) is 13.1. The van der Waals surface area contributed by atoms with Crippen LogP contribution in [0.25, 0.3) is 0 Å². The van der Waals surface area contributed by atoms with Gasteiger partial charge in [-0.05, 0) is 30.0 Å². The van der Waals surface area contributed by atoms with Crippen LogP contribution < -0.4 is 0 Å². The van der Waals surface area contributed by atoms with Crippen molar-refractivity contribution in [3.05, 3.63) is 39.6 Å². The molecule has 0 amide bonds. The second-order valence-corrected chi connectivity index (χ2v) is 9.95. The summed E-state index contributed by atoms with van der Waals surface area (Å²) >= 11 is 13.5. The molecule has 24 heavy (non-hydrogen) atoms. The Hall–Kier alpha value is -0.760. The Morgan fingerprint density at radius 2 is 2.08 bits per heavy atom. The zero-order valence-corrected chi connectivity index (χ0v) is 16.2. The monoisotopic (exact) mass is 405 g/mol. The third-order valence-corrected chi connectivity index (χ3v) is 7.74. The van der Waals surface area contributed by atoms with Gasteiger partial charge >= 0.3 is 0 Å². The number of aromatic nitrogens is 3. The summed E-state index contributed by atoms with van der Waals surface area (Å²) < 4.78 is 25.1. The fourth-order valence-electron chi connectivity index (χ4n) is 2.72. The van der Waals surface area contributed by atoms with E-state index in [4.69, 9.17) is 23.2 Å². The number of hydrogen-bond donors (Lipinski definition) is 0. The van der Waals surface area contributed by atoms with Gasteiger partial charge in [-0.1, -0.05) is 41.0 Å². The van der Waals surface area contributed by atoms with Crippen LogP contribution in [0.4, 0.5) is 0 Å². The van der Waals surface area contributed by atoms with E-state index in [9.17, 15) is 8.42 Å². The lowest BCUT2D eigenvalue weighted by Crippen LogP contribution is -2.11. The molecule has 1 saturated heterocycles. The number of nitrogens with zero attached hydrogens (tertiary/aromatic N) is 3. The van der Waals surface area contributed by atoms with Crippen LogP contribution in [0.1, 0.15) is 17.8 Å². The van der Waals surface area contributed by atoms with Gasteiger partial charge in [0.2, 0.25) is 0 Å². The Balaban J connectivity index is 1.63. The van der Waals surface area contributed by atoms with Crippen molar-refractivity contribution in [2.45, 2.75) is 23.8 Å². The molecule has 9 heteroatoms. The van der Waals surface area contributed by atoms with Gasteiger partial charge in [0, 0.05) is 19.2 Å². The molecule has 0 saturated carbocycles. The first-order chi connectivity index (χ1) is 11.3. The zero-order chi connectivity index (χ0) is 17.3. The Morgan fingerprint density at radius 1 is 1.29 bits per heavy atom. The van der Waals surface area contributed by atoms with Gasteiger partial charge in [-0.3, -0.25) is 0 Å². The molecule has 1 aromatic heterocycles. The van der Waals surface area contributed by atoms with Gasteiger partial charge in [-0.2, -0.15) is 0 Å². The highest BCUT2D eigenvalue weighted by Gasteiger charge is 2.29. The molecule has 2 heterocycles. The maximum absolute atomic E-state index is 11.6. The Bertz CT molecular complexity index is 852. The molecule has 1 aliphatic rings. The Labute approximate surface area is 155 Å². The highest BCUT2D eigenvalue weighted by Crippen LogP contribution is 2.28. The van der Waals surface area contributed by atoms with Crippen molar-refractivity contribution in [1.82, 2.24) is 14.8 Å². The summed E-state index contributed by atoms with van der Waals surface area (Å²) in [6.07, 6.45) is 1.36. The summed E-state index contributed by atoms with van der Waals surface area (Å²) in [7, 11) is -0.949. The normalized spacial score (nSPS) is 19.7. The second kappa shape index (κ2) is 7.23. The summed E-state index contributed by atoms with van der Waals surface area (Å²) in [5.74, 6) is 2.22. The standard InChI is InChI=1S/C15H17Cl2N3O2S2/c1-20-14(7-11-4-5-24(21,22)9-11)18-19-15(20)23-8-10-2-3-12(16)13(17)6-10/h2-3,6,11H,4-5,7-9H2,1H3/t11-/m1/s1. The van der Waals surface area contributed by atoms with Crippen LogP contribution in [0.2, 0.25) is 10.0 Å². The van der Waals surface area contributed by atoms with Crippen LogP contribution in [-0.4, -0.2) is 34.7 Å². The first-order valence-electron chi connectivity index (χ1n) is 7.49. The predicted molar refractivity (Wildman–Crippen MR) is 97.5 cm³/mol. The average molecular weight is 406 g/mol. The third-order valence-electron chi connectivity index (χ3n) is 4.08. The molecule has 1 aromatic carbocycles. The first-order valence-corrected chi connectivity index (χ1v) is 11.1. The van der Waals surface area contributed by atoms with Crippen molar-refractivity contribution < 1.29 is 8.42 Å². The van der Waals surface area contributed by atoms with Crippen LogP contribution in [-0.2, 0) is 29.1 Å². The van der Waals surface area contributed by atoms with Crippen LogP contribution in [0.15, 0.2) is 23.4 Å². The van der Waals surface area contributed by atoms with Gasteiger partial charge in [-0.25, -0.2) is 8.42 Å². The van der Waals surface area contributed by atoms with E-state index < -0.39 is 9.84 Å². The molecule has 2 aromatic rings. The molecular weight excluding hydrogens is 389 g/mol. The molecule has 1 aliphatic heterocycles. The minimum Gasteiger partial charge on any atom is -0.309 e. The van der Waals surface area contributed by atoms with Gasteiger partial charge in [0.1, 0.15) is 5.82 Å². The minimum absolute atomic E-state index is 0.144. The number of benzene rings is 1. The summed E-state index contributed by atoms with van der Waals surface area (Å²) in [6.45, 7) is 0. The van der Waals surface area contributed by atoms with Gasteiger partial charge in [-0.15, -0.1) is 10.2 Å². The molecule has 3 rings (SSSR count). The van der Waals surface area contributed by atoms with Gasteiger partial charge in [0.15, 0.2) is 15.0 Å². The summed E-state index contributed by atoms with van der Waals surface area (Å²) in [5.41, 5.74) is 1.06. The first kappa shape index (κ1) is 18.0. The minimum atomic E-state index is -2.86. The van der Waals surface area contributed by atoms with E-state index in [2.05, 4.69) is 10.2 Å². The lowest BCUT2D eigenvalue weighted by molar-refractivity contribution is 0.552. The van der Waals surface area contributed by atoms with Gasteiger partial charge in [0.05, 0.1) is 21.6 Å². The fraction of sp³-hybridized carbons (Fsp3) is 0.467. The molecule has 0 bridgehead atoms. The van der Waals surface area contributed by atoms with E-state index >= 15 is 0 Å². The highest BCUT2D eigenvalue weighted by molar-refractivity contribution is 7.98. The molecule has 5 nitrogen and oxygen atoms in total. The molecule has 1 fully saturated rings. The van der Waals surface area contributed by atoms with Crippen LogP contribution >= 0.6 is 35.0 Å². The number of thioether (sulfide) groups is 1. The van der Waals surface area contributed by atoms with Crippen molar-refractivity contribution in [2.24, 2.45) is 13.0 Å². The van der Waals surface area contributed by atoms with Crippen LogP contribution in [0.5, 0.6) is 0 Å². The van der Waals surface area contributed by atoms with E-state index in [1.807, 2.05) is 23.7 Å². The average Bonchev–Trinajstić information content (AvgIpc) is 3.04. The van der Waals surface area contributed by atoms with Crippen molar-refractivity contribution in [1.29, 1.82) is 0 Å². The lowest BCUT2D eigenvalue weighted by Gasteiger charge is -2.08. The largest absolute Gasteiger partial charge is 0.309 e. The Kier molecular flexibility index (Phi) is 5.44. The summed E-state index contributed by atoms with van der Waals surface area (Å²) in [6, 6.07) is 5.56. The smallest absolute Gasteiger partial charge is 0.191 e. The van der Waals surface area contributed by atoms with Crippen molar-refractivity contribution in [3.63, 3.8) is 0 Å². The molecule has 0 spiro atoms. The van der Waals surface area contributed by atoms with Gasteiger partial charge < -0.3 is 4.57 Å². The van der Waals surface area contributed by atoms with E-state index in [1.165, 1.54) is 0 Å². The summed E-state index contributed by atoms with van der Waals surface area (Å²) in [4.78, 5) is 0. The predicted octanol–water partition coefficient (Wildman–Crippen LogP) is 3.39. The second-order valence-electron chi connectivity index (χ2n) is 5.97. The topological polar surface area (TPSA) is 64.8 Å². The van der Waals surface area contributed by atoms with Crippen molar-refractivity contribution in [3.8, 4) is 0 Å². The van der Waals surface area contributed by atoms with Crippen molar-refractivity contribution >= 4 is 44.8 Å². The van der Waals surface area contributed by atoms with Gasteiger partial charge in [0.25, 0.3) is 0 Å². The summed E-state index contributed by atoms with van der Waals surface area (Å²) in [5, 5.41) is 10.3. The number of hydrogen-bond acceptors (Lipinski definition) is 5. The van der Waals surface area contributed by atoms with E-state index in [0.717, 1.165) is 16.5 Å². The quantitative estimate of drug-likeness (QED) is 0.713. The fourth-order valence-corrected chi connectivity index (χ4v) is 5.77. The van der Waals surface area contributed by atoms with E-state index in [0.29, 0.717) is 28.6 Å². The number of sulfone groups is 1. The molecule has 0 radical (unpaired) electrons.